The Labute approximate surface area is 112 Å². The molecular formula is C13H20N2O2S. The highest BCUT2D eigenvalue weighted by Crippen LogP contribution is 2.31. The molecule has 100 valence electrons. The molecule has 1 fully saturated rings. The summed E-state index contributed by atoms with van der Waals surface area (Å²) < 4.78 is 5.34. The maximum Gasteiger partial charge on any atom is 0.230 e. The first-order chi connectivity index (χ1) is 8.68. The van der Waals surface area contributed by atoms with Crippen molar-refractivity contribution in [2.24, 2.45) is 11.1 Å². The largest absolute Gasteiger partial charge is 0.381 e. The molecule has 0 spiro atoms. The van der Waals surface area contributed by atoms with Crippen molar-refractivity contribution >= 4 is 17.2 Å². The van der Waals surface area contributed by atoms with Gasteiger partial charge in [0, 0.05) is 33.4 Å². The second kappa shape index (κ2) is 5.82. The number of carbonyl (C=O) groups excluding carboxylic acids is 1. The van der Waals surface area contributed by atoms with Gasteiger partial charge in [-0.1, -0.05) is 0 Å². The molecule has 0 saturated carbocycles. The molecule has 0 bridgehead atoms. The average Bonchev–Trinajstić information content (AvgIpc) is 2.91. The van der Waals surface area contributed by atoms with Gasteiger partial charge in [0.15, 0.2) is 0 Å². The summed E-state index contributed by atoms with van der Waals surface area (Å²) in [6, 6.07) is 2.05. The first-order valence-electron chi connectivity index (χ1n) is 6.22. The van der Waals surface area contributed by atoms with Crippen LogP contribution in [-0.2, 0) is 16.1 Å². The SMILES string of the molecule is CN(Cc1ccsc1)C(=O)C1(CN)CCOCC1. The fourth-order valence-corrected chi connectivity index (χ4v) is 3.06. The fraction of sp³-hybridized carbons (Fsp3) is 0.615. The van der Waals surface area contributed by atoms with Gasteiger partial charge >= 0.3 is 0 Å². The van der Waals surface area contributed by atoms with Crippen molar-refractivity contribution in [2.45, 2.75) is 19.4 Å². The lowest BCUT2D eigenvalue weighted by Gasteiger charge is -2.37. The van der Waals surface area contributed by atoms with Gasteiger partial charge in [0.25, 0.3) is 0 Å². The molecule has 1 saturated heterocycles. The third kappa shape index (κ3) is 2.74. The van der Waals surface area contributed by atoms with Crippen molar-refractivity contribution < 1.29 is 9.53 Å². The number of ether oxygens (including phenoxy) is 1. The zero-order chi connectivity index (χ0) is 13.0. The lowest BCUT2D eigenvalue weighted by molar-refractivity contribution is -0.146. The summed E-state index contributed by atoms with van der Waals surface area (Å²) in [6.45, 7) is 2.33. The summed E-state index contributed by atoms with van der Waals surface area (Å²) in [5.74, 6) is 0.152. The van der Waals surface area contributed by atoms with Crippen LogP contribution in [-0.4, -0.2) is 37.6 Å². The third-order valence-electron chi connectivity index (χ3n) is 3.64. The molecule has 0 atom stereocenters. The van der Waals surface area contributed by atoms with Gasteiger partial charge in [-0.05, 0) is 35.2 Å². The molecule has 0 aromatic carbocycles. The Morgan fingerprint density at radius 3 is 2.83 bits per heavy atom. The molecule has 1 aliphatic rings. The highest BCUT2D eigenvalue weighted by Gasteiger charge is 2.40. The minimum absolute atomic E-state index is 0.152. The molecular weight excluding hydrogens is 248 g/mol. The van der Waals surface area contributed by atoms with Crippen LogP contribution in [0.25, 0.3) is 0 Å². The van der Waals surface area contributed by atoms with Crippen LogP contribution < -0.4 is 5.73 Å². The van der Waals surface area contributed by atoms with Crippen molar-refractivity contribution in [1.29, 1.82) is 0 Å². The van der Waals surface area contributed by atoms with Crippen LogP contribution >= 0.6 is 11.3 Å². The average molecular weight is 268 g/mol. The van der Waals surface area contributed by atoms with E-state index in [4.69, 9.17) is 10.5 Å². The Bertz CT molecular complexity index is 386. The zero-order valence-electron chi connectivity index (χ0n) is 10.7. The van der Waals surface area contributed by atoms with Crippen LogP contribution in [0.4, 0.5) is 0 Å². The Balaban J connectivity index is 2.04. The fourth-order valence-electron chi connectivity index (χ4n) is 2.40. The van der Waals surface area contributed by atoms with Crippen LogP contribution in [0.3, 0.4) is 0 Å². The number of thiophene rings is 1. The van der Waals surface area contributed by atoms with Crippen LogP contribution in [0.15, 0.2) is 16.8 Å². The minimum atomic E-state index is -0.414. The van der Waals surface area contributed by atoms with Crippen molar-refractivity contribution in [3.63, 3.8) is 0 Å². The summed E-state index contributed by atoms with van der Waals surface area (Å²) in [6.07, 6.45) is 1.46. The summed E-state index contributed by atoms with van der Waals surface area (Å²) in [5, 5.41) is 4.10. The topological polar surface area (TPSA) is 55.6 Å². The number of carbonyl (C=O) groups is 1. The normalized spacial score (nSPS) is 18.6. The minimum Gasteiger partial charge on any atom is -0.381 e. The van der Waals surface area contributed by atoms with E-state index < -0.39 is 5.41 Å². The van der Waals surface area contributed by atoms with E-state index in [9.17, 15) is 4.79 Å². The maximum absolute atomic E-state index is 12.6. The standard InChI is InChI=1S/C13H20N2O2S/c1-15(8-11-2-7-18-9-11)12(16)13(10-14)3-5-17-6-4-13/h2,7,9H,3-6,8,10,14H2,1H3. The molecule has 1 aromatic heterocycles. The molecule has 1 aliphatic heterocycles. The van der Waals surface area contributed by atoms with Gasteiger partial charge in [-0.15, -0.1) is 0 Å². The lowest BCUT2D eigenvalue weighted by atomic mass is 9.79. The van der Waals surface area contributed by atoms with Crippen molar-refractivity contribution in [3.05, 3.63) is 22.4 Å². The highest BCUT2D eigenvalue weighted by atomic mass is 32.1. The highest BCUT2D eigenvalue weighted by molar-refractivity contribution is 7.07. The van der Waals surface area contributed by atoms with E-state index in [-0.39, 0.29) is 5.91 Å². The molecule has 4 nitrogen and oxygen atoms in total. The number of rotatable bonds is 4. The Morgan fingerprint density at radius 1 is 1.56 bits per heavy atom. The second-order valence-corrected chi connectivity index (χ2v) is 5.67. The first kappa shape index (κ1) is 13.5. The van der Waals surface area contributed by atoms with E-state index in [1.807, 2.05) is 18.5 Å². The van der Waals surface area contributed by atoms with E-state index in [0.717, 1.165) is 12.8 Å². The summed E-state index contributed by atoms with van der Waals surface area (Å²) >= 11 is 1.65. The number of nitrogens with zero attached hydrogens (tertiary/aromatic N) is 1. The molecule has 5 heteroatoms. The van der Waals surface area contributed by atoms with Gasteiger partial charge in [0.2, 0.25) is 5.91 Å². The van der Waals surface area contributed by atoms with E-state index in [2.05, 4.69) is 5.38 Å². The van der Waals surface area contributed by atoms with Crippen LogP contribution in [0.1, 0.15) is 18.4 Å². The smallest absolute Gasteiger partial charge is 0.230 e. The van der Waals surface area contributed by atoms with E-state index in [1.165, 1.54) is 5.56 Å². The maximum atomic E-state index is 12.6. The van der Waals surface area contributed by atoms with Crippen LogP contribution in [0, 0.1) is 5.41 Å². The molecule has 18 heavy (non-hydrogen) atoms. The monoisotopic (exact) mass is 268 g/mol. The van der Waals surface area contributed by atoms with Crippen molar-refractivity contribution in [3.8, 4) is 0 Å². The van der Waals surface area contributed by atoms with Gasteiger partial charge in [0.1, 0.15) is 0 Å². The third-order valence-corrected chi connectivity index (χ3v) is 4.37. The Morgan fingerprint density at radius 2 is 2.28 bits per heavy atom. The quantitative estimate of drug-likeness (QED) is 0.899. The van der Waals surface area contributed by atoms with Crippen LogP contribution in [0.5, 0.6) is 0 Å². The predicted octanol–water partition coefficient (Wildman–Crippen LogP) is 1.46. The Hall–Kier alpha value is -0.910. The summed E-state index contributed by atoms with van der Waals surface area (Å²) in [4.78, 5) is 14.4. The van der Waals surface area contributed by atoms with Gasteiger partial charge in [-0.25, -0.2) is 0 Å². The number of hydrogen-bond acceptors (Lipinski definition) is 4. The molecule has 0 radical (unpaired) electrons. The Kier molecular flexibility index (Phi) is 4.37. The summed E-state index contributed by atoms with van der Waals surface area (Å²) in [5.41, 5.74) is 6.61. The molecule has 2 N–H and O–H groups in total. The van der Waals surface area contributed by atoms with E-state index >= 15 is 0 Å². The number of hydrogen-bond donors (Lipinski definition) is 1. The first-order valence-corrected chi connectivity index (χ1v) is 7.17. The molecule has 2 heterocycles. The number of amides is 1. The molecule has 2 rings (SSSR count). The van der Waals surface area contributed by atoms with Gasteiger partial charge in [-0.2, -0.15) is 11.3 Å². The molecule has 1 aromatic rings. The summed E-state index contributed by atoms with van der Waals surface area (Å²) in [7, 11) is 1.85. The molecule has 1 amide bonds. The van der Waals surface area contributed by atoms with E-state index in [0.29, 0.717) is 26.3 Å². The van der Waals surface area contributed by atoms with Gasteiger partial charge < -0.3 is 15.4 Å². The number of nitrogens with two attached hydrogens (primary N) is 1. The predicted molar refractivity (Wildman–Crippen MR) is 72.3 cm³/mol. The molecule has 0 unspecified atom stereocenters. The van der Waals surface area contributed by atoms with Crippen molar-refractivity contribution in [2.75, 3.05) is 26.8 Å². The second-order valence-electron chi connectivity index (χ2n) is 4.89. The van der Waals surface area contributed by atoms with Gasteiger partial charge in [0.05, 0.1) is 5.41 Å². The van der Waals surface area contributed by atoms with Crippen LogP contribution in [0.2, 0.25) is 0 Å². The van der Waals surface area contributed by atoms with E-state index in [1.54, 1.807) is 16.2 Å². The van der Waals surface area contributed by atoms with Gasteiger partial charge in [-0.3, -0.25) is 4.79 Å². The lowest BCUT2D eigenvalue weighted by Crippen LogP contribution is -2.49. The van der Waals surface area contributed by atoms with Crippen molar-refractivity contribution in [1.82, 2.24) is 4.90 Å². The zero-order valence-corrected chi connectivity index (χ0v) is 11.5. The molecule has 0 aliphatic carbocycles.